The van der Waals surface area contributed by atoms with E-state index in [-0.39, 0.29) is 17.2 Å². The van der Waals surface area contributed by atoms with Crippen LogP contribution < -0.4 is 5.32 Å². The molecule has 1 aromatic rings. The van der Waals surface area contributed by atoms with Gasteiger partial charge in [0.25, 0.3) is 0 Å². The van der Waals surface area contributed by atoms with Crippen LogP contribution in [0.1, 0.15) is 43.1 Å². The van der Waals surface area contributed by atoms with Gasteiger partial charge in [0.05, 0.1) is 6.61 Å². The van der Waals surface area contributed by atoms with Crippen LogP contribution in [-0.2, 0) is 9.53 Å². The average molecular weight is 273 g/mol. The molecule has 1 saturated heterocycles. The number of amides is 1. The third kappa shape index (κ3) is 2.10. The fourth-order valence-electron chi connectivity index (χ4n) is 3.23. The summed E-state index contributed by atoms with van der Waals surface area (Å²) in [6.07, 6.45) is 4.37. The highest BCUT2D eigenvalue weighted by Crippen LogP contribution is 2.58. The predicted octanol–water partition coefficient (Wildman–Crippen LogP) is 2.03. The van der Waals surface area contributed by atoms with E-state index in [1.165, 1.54) is 12.8 Å². The molecular weight excluding hydrogens is 254 g/mol. The lowest BCUT2D eigenvalue weighted by molar-refractivity contribution is -0.118. The van der Waals surface area contributed by atoms with Crippen molar-refractivity contribution in [2.45, 2.75) is 38.5 Å². The van der Waals surface area contributed by atoms with Gasteiger partial charge in [0.2, 0.25) is 5.91 Å². The Balaban J connectivity index is 1.47. The first-order valence-corrected chi connectivity index (χ1v) is 7.40. The third-order valence-corrected chi connectivity index (χ3v) is 4.74. The molecule has 2 atom stereocenters. The minimum atomic E-state index is 0.0929. The van der Waals surface area contributed by atoms with Gasteiger partial charge in [-0.05, 0) is 32.6 Å². The lowest BCUT2D eigenvalue weighted by Crippen LogP contribution is -2.20. The van der Waals surface area contributed by atoms with Gasteiger partial charge in [0.15, 0.2) is 0 Å². The van der Waals surface area contributed by atoms with E-state index in [0.717, 1.165) is 37.6 Å². The highest BCUT2D eigenvalue weighted by atomic mass is 16.5. The van der Waals surface area contributed by atoms with Gasteiger partial charge in [-0.25, -0.2) is 9.97 Å². The SMILES string of the molecule is Cc1nc(NC(=O)C2CC23CCOC3)cc(C2CC2)n1. The van der Waals surface area contributed by atoms with Crippen LogP contribution in [0.4, 0.5) is 5.82 Å². The molecule has 0 radical (unpaired) electrons. The zero-order chi connectivity index (χ0) is 13.7. The average Bonchev–Trinajstić information content (AvgIpc) is 3.27. The molecule has 5 heteroatoms. The van der Waals surface area contributed by atoms with E-state index >= 15 is 0 Å². The first kappa shape index (κ1) is 12.3. The second-order valence-corrected chi connectivity index (χ2v) is 6.41. The fourth-order valence-corrected chi connectivity index (χ4v) is 3.23. The molecule has 4 rings (SSSR count). The molecular formula is C15H19N3O2. The van der Waals surface area contributed by atoms with Crippen LogP contribution in [0.3, 0.4) is 0 Å². The van der Waals surface area contributed by atoms with Crippen molar-refractivity contribution in [3.63, 3.8) is 0 Å². The third-order valence-electron chi connectivity index (χ3n) is 4.74. The predicted molar refractivity (Wildman–Crippen MR) is 73.3 cm³/mol. The Morgan fingerprint density at radius 3 is 3.00 bits per heavy atom. The molecule has 20 heavy (non-hydrogen) atoms. The van der Waals surface area contributed by atoms with Crippen LogP contribution in [0, 0.1) is 18.3 Å². The van der Waals surface area contributed by atoms with E-state index in [9.17, 15) is 4.79 Å². The molecule has 1 spiro atoms. The van der Waals surface area contributed by atoms with Crippen molar-refractivity contribution in [1.82, 2.24) is 9.97 Å². The normalized spacial score (nSPS) is 31.6. The van der Waals surface area contributed by atoms with Crippen LogP contribution in [0.15, 0.2) is 6.07 Å². The maximum Gasteiger partial charge on any atom is 0.229 e. The first-order valence-electron chi connectivity index (χ1n) is 7.40. The van der Waals surface area contributed by atoms with E-state index in [4.69, 9.17) is 4.74 Å². The van der Waals surface area contributed by atoms with Gasteiger partial charge in [-0.15, -0.1) is 0 Å². The minimum absolute atomic E-state index is 0.0929. The molecule has 2 heterocycles. The Morgan fingerprint density at radius 1 is 1.45 bits per heavy atom. The molecule has 1 aliphatic heterocycles. The summed E-state index contributed by atoms with van der Waals surface area (Å²) in [7, 11) is 0. The van der Waals surface area contributed by atoms with E-state index in [1.807, 2.05) is 13.0 Å². The maximum absolute atomic E-state index is 12.3. The van der Waals surface area contributed by atoms with Crippen molar-refractivity contribution in [3.05, 3.63) is 17.6 Å². The Kier molecular flexibility index (Phi) is 2.61. The van der Waals surface area contributed by atoms with Crippen molar-refractivity contribution < 1.29 is 9.53 Å². The number of nitrogens with one attached hydrogen (secondary N) is 1. The molecule has 1 amide bonds. The first-order chi connectivity index (χ1) is 9.66. The van der Waals surface area contributed by atoms with Crippen molar-refractivity contribution in [1.29, 1.82) is 0 Å². The monoisotopic (exact) mass is 273 g/mol. The lowest BCUT2D eigenvalue weighted by Gasteiger charge is -2.09. The van der Waals surface area contributed by atoms with Gasteiger partial charge < -0.3 is 10.1 Å². The second-order valence-electron chi connectivity index (χ2n) is 6.41. The van der Waals surface area contributed by atoms with Gasteiger partial charge >= 0.3 is 0 Å². The number of ether oxygens (including phenoxy) is 1. The summed E-state index contributed by atoms with van der Waals surface area (Å²) in [5, 5.41) is 2.97. The summed E-state index contributed by atoms with van der Waals surface area (Å²) in [4.78, 5) is 21.1. The number of hydrogen-bond acceptors (Lipinski definition) is 4. The summed E-state index contributed by atoms with van der Waals surface area (Å²) in [6.45, 7) is 3.41. The molecule has 106 valence electrons. The van der Waals surface area contributed by atoms with Crippen molar-refractivity contribution >= 4 is 11.7 Å². The molecule has 3 aliphatic rings. The molecule has 0 bridgehead atoms. The van der Waals surface area contributed by atoms with Gasteiger partial charge in [0.1, 0.15) is 11.6 Å². The second kappa shape index (κ2) is 4.25. The number of carbonyl (C=O) groups is 1. The smallest absolute Gasteiger partial charge is 0.229 e. The van der Waals surface area contributed by atoms with Crippen LogP contribution in [0.2, 0.25) is 0 Å². The van der Waals surface area contributed by atoms with Crippen LogP contribution in [-0.4, -0.2) is 29.1 Å². The van der Waals surface area contributed by atoms with Gasteiger partial charge in [-0.1, -0.05) is 0 Å². The van der Waals surface area contributed by atoms with Gasteiger partial charge in [-0.2, -0.15) is 0 Å². The number of hydrogen-bond donors (Lipinski definition) is 1. The van der Waals surface area contributed by atoms with Crippen molar-refractivity contribution in [2.75, 3.05) is 18.5 Å². The summed E-state index contributed by atoms with van der Waals surface area (Å²) in [5.74, 6) is 2.16. The summed E-state index contributed by atoms with van der Waals surface area (Å²) < 4.78 is 5.43. The zero-order valence-electron chi connectivity index (χ0n) is 11.7. The van der Waals surface area contributed by atoms with E-state index in [0.29, 0.717) is 11.7 Å². The molecule has 2 unspecified atom stereocenters. The molecule has 1 aromatic heterocycles. The largest absolute Gasteiger partial charge is 0.381 e. The van der Waals surface area contributed by atoms with Crippen LogP contribution in [0.5, 0.6) is 0 Å². The van der Waals surface area contributed by atoms with Crippen LogP contribution in [0.25, 0.3) is 0 Å². The molecule has 0 aromatic carbocycles. The summed E-state index contributed by atoms with van der Waals surface area (Å²) in [6, 6.07) is 1.93. The topological polar surface area (TPSA) is 64.1 Å². The lowest BCUT2D eigenvalue weighted by atomic mass is 10.0. The van der Waals surface area contributed by atoms with Crippen molar-refractivity contribution in [2.24, 2.45) is 11.3 Å². The zero-order valence-corrected chi connectivity index (χ0v) is 11.7. The highest BCUT2D eigenvalue weighted by Gasteiger charge is 2.59. The molecule has 2 saturated carbocycles. The number of anilines is 1. The molecule has 2 aliphatic carbocycles. The van der Waals surface area contributed by atoms with Gasteiger partial charge in [0, 0.05) is 35.6 Å². The van der Waals surface area contributed by atoms with E-state index in [1.54, 1.807) is 0 Å². The van der Waals surface area contributed by atoms with Gasteiger partial charge in [-0.3, -0.25) is 4.79 Å². The van der Waals surface area contributed by atoms with E-state index in [2.05, 4.69) is 15.3 Å². The number of rotatable bonds is 3. The fraction of sp³-hybridized carbons (Fsp3) is 0.667. The minimum Gasteiger partial charge on any atom is -0.381 e. The highest BCUT2D eigenvalue weighted by molar-refractivity contribution is 5.94. The molecule has 3 fully saturated rings. The quantitative estimate of drug-likeness (QED) is 0.915. The standard InChI is InChI=1S/C15H19N3O2/c1-9-16-12(10-2-3-10)6-13(17-9)18-14(19)11-7-15(11)4-5-20-8-15/h6,10-11H,2-5,7-8H2,1H3,(H,16,17,18,19). The Labute approximate surface area is 118 Å². The molecule has 1 N–H and O–H groups in total. The summed E-state index contributed by atoms with van der Waals surface area (Å²) >= 11 is 0. The van der Waals surface area contributed by atoms with E-state index < -0.39 is 0 Å². The number of carbonyl (C=O) groups excluding carboxylic acids is 1. The number of nitrogens with zero attached hydrogens (tertiary/aromatic N) is 2. The summed E-state index contributed by atoms with van der Waals surface area (Å²) in [5.41, 5.74) is 1.20. The van der Waals surface area contributed by atoms with Crippen molar-refractivity contribution in [3.8, 4) is 0 Å². The number of aromatic nitrogens is 2. The number of aryl methyl sites for hydroxylation is 1. The Hall–Kier alpha value is -1.49. The Morgan fingerprint density at radius 2 is 2.30 bits per heavy atom. The van der Waals surface area contributed by atoms with Crippen LogP contribution >= 0.6 is 0 Å². The molecule has 5 nitrogen and oxygen atoms in total. The maximum atomic E-state index is 12.3. The Bertz CT molecular complexity index is 562.